The van der Waals surface area contributed by atoms with Crippen LogP contribution in [-0.4, -0.2) is 19.9 Å². The monoisotopic (exact) mass is 554 g/mol. The third-order valence-electron chi connectivity index (χ3n) is 7.94. The smallest absolute Gasteiger partial charge is 0.123 e. The number of benzene rings is 2. The Labute approximate surface area is 242 Å². The molecule has 7 rings (SSSR count). The molecule has 0 aliphatic carbocycles. The molecular weight excluding hydrogens is 526 g/mol. The van der Waals surface area contributed by atoms with Gasteiger partial charge in [-0.15, -0.1) is 0 Å². The van der Waals surface area contributed by atoms with Gasteiger partial charge < -0.3 is 9.97 Å². The third-order valence-corrected chi connectivity index (χ3v) is 7.94. The van der Waals surface area contributed by atoms with Crippen LogP contribution in [0.5, 0.6) is 0 Å². The molecule has 0 amide bonds. The van der Waals surface area contributed by atoms with Gasteiger partial charge in [0, 0.05) is 38.8 Å². The molecule has 2 aromatic carbocycles. The van der Waals surface area contributed by atoms with Gasteiger partial charge in [-0.05, 0) is 102 Å². The van der Waals surface area contributed by atoms with Crippen LogP contribution < -0.4 is 0 Å². The minimum absolute atomic E-state index is 0.281. The van der Waals surface area contributed by atoms with E-state index < -0.39 is 0 Å². The Morgan fingerprint density at radius 1 is 0.476 bits per heavy atom. The molecule has 3 aromatic heterocycles. The fourth-order valence-corrected chi connectivity index (χ4v) is 5.91. The highest BCUT2D eigenvalue weighted by atomic mass is 19.1. The number of aromatic amines is 2. The van der Waals surface area contributed by atoms with E-state index in [1.54, 1.807) is 24.3 Å². The molecule has 2 aliphatic heterocycles. The van der Waals surface area contributed by atoms with E-state index in [2.05, 4.69) is 48.1 Å². The van der Waals surface area contributed by atoms with Gasteiger partial charge in [-0.2, -0.15) is 0 Å². The molecule has 0 saturated heterocycles. The summed E-state index contributed by atoms with van der Waals surface area (Å²) in [4.78, 5) is 17.4. The first-order chi connectivity index (χ1) is 20.5. The van der Waals surface area contributed by atoms with Crippen LogP contribution in [0.4, 0.5) is 8.78 Å². The van der Waals surface area contributed by atoms with Crippen molar-refractivity contribution in [1.29, 1.82) is 0 Å². The SMILES string of the molecule is CCc1c2nc(c(-c3ccc(F)cc3)c3ccc([nH]3)c(CC)c3ccc([nH]3)c(-c3ccc(F)cc3)c3nc1C=C3)C=C2. The fourth-order valence-electron chi connectivity index (χ4n) is 5.91. The van der Waals surface area contributed by atoms with E-state index in [9.17, 15) is 8.78 Å². The molecule has 0 atom stereocenters. The number of nitrogens with one attached hydrogen (secondary N) is 2. The van der Waals surface area contributed by atoms with Crippen LogP contribution in [0.1, 0.15) is 47.8 Å². The molecular formula is C36H28F2N4. The Morgan fingerprint density at radius 3 is 1.26 bits per heavy atom. The van der Waals surface area contributed by atoms with E-state index >= 15 is 0 Å². The standard InChI is InChI=1S/C36H28F2N4/c1-3-25-27-13-17-31(39-27)35(21-5-9-23(37)10-6-21)33-19-15-29(41-33)26(4-2)30-16-20-34(42-30)36(32-18-14-28(25)40-32)22-7-11-24(38)12-8-22/h5-20,39-40H,3-4H2,1-2H3. The van der Waals surface area contributed by atoms with Gasteiger partial charge in [0.05, 0.1) is 22.8 Å². The van der Waals surface area contributed by atoms with Crippen molar-refractivity contribution in [1.82, 2.24) is 19.9 Å². The average molecular weight is 555 g/mol. The van der Waals surface area contributed by atoms with E-state index in [1.165, 1.54) is 24.3 Å². The summed E-state index contributed by atoms with van der Waals surface area (Å²) in [6.07, 6.45) is 9.61. The zero-order valence-electron chi connectivity index (χ0n) is 23.3. The van der Waals surface area contributed by atoms with Crippen molar-refractivity contribution in [3.8, 4) is 22.3 Å². The van der Waals surface area contributed by atoms with Crippen LogP contribution in [0, 0.1) is 11.6 Å². The molecule has 2 aliphatic rings. The first-order valence-electron chi connectivity index (χ1n) is 14.2. The first kappa shape index (κ1) is 25.8. The Bertz CT molecular complexity index is 1920. The predicted molar refractivity (Wildman–Crippen MR) is 168 cm³/mol. The summed E-state index contributed by atoms with van der Waals surface area (Å²) in [7, 11) is 0. The molecule has 0 spiro atoms. The number of halogens is 2. The van der Waals surface area contributed by atoms with Crippen LogP contribution in [0.25, 0.3) is 68.6 Å². The molecule has 0 unspecified atom stereocenters. The Hall–Kier alpha value is -5.10. The van der Waals surface area contributed by atoms with Crippen molar-refractivity contribution < 1.29 is 8.78 Å². The van der Waals surface area contributed by atoms with Crippen LogP contribution in [0.3, 0.4) is 0 Å². The summed E-state index contributed by atoms with van der Waals surface area (Å²) < 4.78 is 27.8. The second-order valence-electron chi connectivity index (χ2n) is 10.4. The van der Waals surface area contributed by atoms with Gasteiger partial charge >= 0.3 is 0 Å². The van der Waals surface area contributed by atoms with E-state index in [4.69, 9.17) is 9.97 Å². The maximum atomic E-state index is 13.9. The summed E-state index contributed by atoms with van der Waals surface area (Å²) in [5.74, 6) is -0.562. The molecule has 0 saturated carbocycles. The van der Waals surface area contributed by atoms with Gasteiger partial charge in [-0.1, -0.05) is 38.1 Å². The topological polar surface area (TPSA) is 57.4 Å². The minimum atomic E-state index is -0.281. The van der Waals surface area contributed by atoms with Crippen LogP contribution in [0.15, 0.2) is 72.8 Å². The molecule has 206 valence electrons. The second kappa shape index (κ2) is 10.4. The first-order valence-corrected chi connectivity index (χ1v) is 14.2. The zero-order valence-corrected chi connectivity index (χ0v) is 23.3. The fraction of sp³-hybridized carbons (Fsp3) is 0.111. The summed E-state index contributed by atoms with van der Waals surface area (Å²) >= 11 is 0. The summed E-state index contributed by atoms with van der Waals surface area (Å²) in [5.41, 5.74) is 12.8. The lowest BCUT2D eigenvalue weighted by Crippen LogP contribution is -1.93. The highest BCUT2D eigenvalue weighted by Gasteiger charge is 2.17. The van der Waals surface area contributed by atoms with Gasteiger partial charge in [0.15, 0.2) is 0 Å². The lowest BCUT2D eigenvalue weighted by atomic mass is 10.0. The van der Waals surface area contributed by atoms with E-state index in [1.807, 2.05) is 24.3 Å². The van der Waals surface area contributed by atoms with Gasteiger partial charge in [0.2, 0.25) is 0 Å². The van der Waals surface area contributed by atoms with Crippen LogP contribution >= 0.6 is 0 Å². The lowest BCUT2D eigenvalue weighted by molar-refractivity contribution is 0.627. The molecule has 5 heterocycles. The van der Waals surface area contributed by atoms with Crippen LogP contribution in [0.2, 0.25) is 0 Å². The average Bonchev–Trinajstić information content (AvgIpc) is 3.82. The number of hydrogen-bond donors (Lipinski definition) is 2. The number of hydrogen-bond acceptors (Lipinski definition) is 2. The largest absolute Gasteiger partial charge is 0.355 e. The molecule has 5 aromatic rings. The molecule has 6 heteroatoms. The molecule has 8 bridgehead atoms. The highest BCUT2D eigenvalue weighted by Crippen LogP contribution is 2.34. The number of fused-ring (bicyclic) bond motifs is 8. The second-order valence-corrected chi connectivity index (χ2v) is 10.4. The van der Waals surface area contributed by atoms with E-state index in [-0.39, 0.29) is 11.6 Å². The number of nitrogens with zero attached hydrogens (tertiary/aromatic N) is 2. The third kappa shape index (κ3) is 4.45. The number of aryl methyl sites for hydroxylation is 1. The molecule has 0 fully saturated rings. The zero-order chi connectivity index (χ0) is 28.8. The normalized spacial score (nSPS) is 12.3. The van der Waals surface area contributed by atoms with Gasteiger partial charge in [0.1, 0.15) is 11.6 Å². The minimum Gasteiger partial charge on any atom is -0.355 e. The van der Waals surface area contributed by atoms with Crippen molar-refractivity contribution in [2.24, 2.45) is 0 Å². The van der Waals surface area contributed by atoms with Crippen LogP contribution in [-0.2, 0) is 12.8 Å². The Morgan fingerprint density at radius 2 is 0.857 bits per heavy atom. The van der Waals surface area contributed by atoms with E-state index in [0.717, 1.165) is 91.1 Å². The predicted octanol–water partition coefficient (Wildman–Crippen LogP) is 9.39. The molecule has 2 N–H and O–H groups in total. The number of rotatable bonds is 4. The van der Waals surface area contributed by atoms with Crippen molar-refractivity contribution in [3.05, 3.63) is 118 Å². The van der Waals surface area contributed by atoms with Crippen molar-refractivity contribution in [3.63, 3.8) is 0 Å². The van der Waals surface area contributed by atoms with Crippen molar-refractivity contribution in [2.45, 2.75) is 26.7 Å². The maximum Gasteiger partial charge on any atom is 0.123 e. The quantitative estimate of drug-likeness (QED) is 0.228. The molecule has 0 radical (unpaired) electrons. The number of H-pyrrole nitrogens is 2. The Balaban J connectivity index is 1.64. The van der Waals surface area contributed by atoms with Crippen molar-refractivity contribution >= 4 is 46.4 Å². The van der Waals surface area contributed by atoms with Crippen molar-refractivity contribution in [2.75, 3.05) is 0 Å². The maximum absolute atomic E-state index is 13.9. The van der Waals surface area contributed by atoms with Gasteiger partial charge in [-0.3, -0.25) is 0 Å². The molecule has 4 nitrogen and oxygen atoms in total. The Kier molecular flexibility index (Phi) is 6.39. The highest BCUT2D eigenvalue weighted by molar-refractivity contribution is 5.94. The molecule has 42 heavy (non-hydrogen) atoms. The number of aromatic nitrogens is 4. The van der Waals surface area contributed by atoms with Gasteiger partial charge in [0.25, 0.3) is 0 Å². The summed E-state index contributed by atoms with van der Waals surface area (Å²) in [6, 6.07) is 21.4. The van der Waals surface area contributed by atoms with Gasteiger partial charge in [-0.25, -0.2) is 18.7 Å². The van der Waals surface area contributed by atoms with E-state index in [0.29, 0.717) is 0 Å². The lowest BCUT2D eigenvalue weighted by Gasteiger charge is -2.05. The summed E-state index contributed by atoms with van der Waals surface area (Å²) in [5, 5.41) is 0. The summed E-state index contributed by atoms with van der Waals surface area (Å²) in [6.45, 7) is 4.23.